The molecular formula is C24H20F3NO4. The SMILES string of the molecule is C/C(=N\OC(=O)C(C)Oc1ccc(Oc2ccc(C(F)(F)F)cc2)cc1)c1ccccc1. The molecule has 0 aromatic heterocycles. The van der Waals surface area contributed by atoms with E-state index in [0.29, 0.717) is 17.2 Å². The number of rotatable bonds is 7. The van der Waals surface area contributed by atoms with Crippen molar-refractivity contribution in [1.29, 1.82) is 0 Å². The Morgan fingerprint density at radius 2 is 1.38 bits per heavy atom. The molecule has 3 aromatic rings. The average molecular weight is 443 g/mol. The van der Waals surface area contributed by atoms with E-state index >= 15 is 0 Å². The first-order chi connectivity index (χ1) is 15.2. The Labute approximate surface area is 183 Å². The number of carbonyl (C=O) groups is 1. The molecule has 0 spiro atoms. The summed E-state index contributed by atoms with van der Waals surface area (Å²) in [6.45, 7) is 3.26. The van der Waals surface area contributed by atoms with Crippen LogP contribution in [0.2, 0.25) is 0 Å². The van der Waals surface area contributed by atoms with Crippen LogP contribution in [-0.2, 0) is 15.8 Å². The van der Waals surface area contributed by atoms with Crippen LogP contribution in [-0.4, -0.2) is 17.8 Å². The molecule has 0 bridgehead atoms. The predicted molar refractivity (Wildman–Crippen MR) is 113 cm³/mol. The van der Waals surface area contributed by atoms with Gasteiger partial charge in [0.1, 0.15) is 17.2 Å². The van der Waals surface area contributed by atoms with E-state index in [1.807, 2.05) is 30.3 Å². The van der Waals surface area contributed by atoms with Gasteiger partial charge in [0.05, 0.1) is 11.3 Å². The number of halogens is 3. The number of oxime groups is 1. The van der Waals surface area contributed by atoms with Gasteiger partial charge in [-0.25, -0.2) is 4.79 Å². The predicted octanol–water partition coefficient (Wildman–Crippen LogP) is 6.23. The van der Waals surface area contributed by atoms with Crippen LogP contribution in [0.3, 0.4) is 0 Å². The molecule has 0 radical (unpaired) electrons. The zero-order valence-electron chi connectivity index (χ0n) is 17.3. The monoisotopic (exact) mass is 443 g/mol. The van der Waals surface area contributed by atoms with Crippen LogP contribution in [0.5, 0.6) is 17.2 Å². The minimum atomic E-state index is -4.40. The Hall–Kier alpha value is -3.81. The van der Waals surface area contributed by atoms with Gasteiger partial charge in [0.15, 0.2) is 6.10 Å². The van der Waals surface area contributed by atoms with Gasteiger partial charge in [0.25, 0.3) is 0 Å². The quantitative estimate of drug-likeness (QED) is 0.247. The fraction of sp³-hybridized carbons (Fsp3) is 0.167. The van der Waals surface area contributed by atoms with Crippen molar-refractivity contribution in [2.45, 2.75) is 26.1 Å². The number of hydrogen-bond donors (Lipinski definition) is 0. The third-order valence-corrected chi connectivity index (χ3v) is 4.35. The average Bonchev–Trinajstić information content (AvgIpc) is 2.79. The van der Waals surface area contributed by atoms with Gasteiger partial charge in [0.2, 0.25) is 0 Å². The summed E-state index contributed by atoms with van der Waals surface area (Å²) in [6, 6.07) is 19.9. The van der Waals surface area contributed by atoms with Crippen LogP contribution < -0.4 is 9.47 Å². The van der Waals surface area contributed by atoms with Crippen molar-refractivity contribution in [1.82, 2.24) is 0 Å². The summed E-state index contributed by atoms with van der Waals surface area (Å²) in [5.41, 5.74) is 0.631. The lowest BCUT2D eigenvalue weighted by molar-refractivity contribution is -0.151. The molecule has 1 unspecified atom stereocenters. The Bertz CT molecular complexity index is 1060. The van der Waals surface area contributed by atoms with E-state index < -0.39 is 23.8 Å². The van der Waals surface area contributed by atoms with Gasteiger partial charge >= 0.3 is 12.1 Å². The molecule has 0 aliphatic carbocycles. The van der Waals surface area contributed by atoms with Crippen LogP contribution in [0.4, 0.5) is 13.2 Å². The van der Waals surface area contributed by atoms with Crippen molar-refractivity contribution < 1.29 is 32.3 Å². The summed E-state index contributed by atoms with van der Waals surface area (Å²) in [6.07, 6.45) is -5.31. The van der Waals surface area contributed by atoms with Gasteiger partial charge in [-0.05, 0) is 67.9 Å². The zero-order valence-corrected chi connectivity index (χ0v) is 17.3. The maximum Gasteiger partial charge on any atom is 0.416 e. The lowest BCUT2D eigenvalue weighted by Crippen LogP contribution is -2.25. The van der Waals surface area contributed by atoms with Gasteiger partial charge < -0.3 is 14.3 Å². The van der Waals surface area contributed by atoms with E-state index in [1.54, 1.807) is 31.2 Å². The number of nitrogens with zero attached hydrogens (tertiary/aromatic N) is 1. The van der Waals surface area contributed by atoms with Crippen LogP contribution >= 0.6 is 0 Å². The summed E-state index contributed by atoms with van der Waals surface area (Å²) in [7, 11) is 0. The number of carbonyl (C=O) groups excluding carboxylic acids is 1. The fourth-order valence-electron chi connectivity index (χ4n) is 2.61. The summed E-state index contributed by atoms with van der Waals surface area (Å²) in [5, 5.41) is 3.84. The summed E-state index contributed by atoms with van der Waals surface area (Å²) < 4.78 is 48.9. The van der Waals surface area contributed by atoms with Crippen molar-refractivity contribution >= 4 is 11.7 Å². The van der Waals surface area contributed by atoms with Gasteiger partial charge in [-0.2, -0.15) is 13.2 Å². The topological polar surface area (TPSA) is 57.1 Å². The van der Waals surface area contributed by atoms with Crippen molar-refractivity contribution in [2.24, 2.45) is 5.16 Å². The van der Waals surface area contributed by atoms with Crippen molar-refractivity contribution in [2.75, 3.05) is 0 Å². The zero-order chi connectivity index (χ0) is 23.1. The maximum atomic E-state index is 12.6. The Kier molecular flexibility index (Phi) is 7.14. The number of alkyl halides is 3. The normalized spacial score (nSPS) is 12.7. The lowest BCUT2D eigenvalue weighted by Gasteiger charge is -2.13. The van der Waals surface area contributed by atoms with Crippen molar-refractivity contribution in [3.8, 4) is 17.2 Å². The fourth-order valence-corrected chi connectivity index (χ4v) is 2.61. The largest absolute Gasteiger partial charge is 0.479 e. The molecule has 0 saturated heterocycles. The smallest absolute Gasteiger partial charge is 0.416 e. The first-order valence-electron chi connectivity index (χ1n) is 9.65. The van der Waals surface area contributed by atoms with Crippen LogP contribution in [0.15, 0.2) is 84.0 Å². The molecule has 0 amide bonds. The Morgan fingerprint density at radius 1 is 0.844 bits per heavy atom. The third kappa shape index (κ3) is 6.34. The molecule has 0 heterocycles. The Morgan fingerprint density at radius 3 is 1.94 bits per heavy atom. The van der Waals surface area contributed by atoms with E-state index in [-0.39, 0.29) is 5.75 Å². The highest BCUT2D eigenvalue weighted by atomic mass is 19.4. The molecule has 3 aromatic carbocycles. The molecule has 1 atom stereocenters. The molecule has 8 heteroatoms. The third-order valence-electron chi connectivity index (χ3n) is 4.35. The van der Waals surface area contributed by atoms with Crippen LogP contribution in [0.25, 0.3) is 0 Å². The molecule has 0 N–H and O–H groups in total. The molecule has 0 aliphatic heterocycles. The highest BCUT2D eigenvalue weighted by molar-refractivity contribution is 5.98. The molecule has 166 valence electrons. The molecule has 0 fully saturated rings. The first kappa shape index (κ1) is 22.9. The van der Waals surface area contributed by atoms with Crippen LogP contribution in [0, 0.1) is 0 Å². The highest BCUT2D eigenvalue weighted by Gasteiger charge is 2.30. The number of benzene rings is 3. The highest BCUT2D eigenvalue weighted by Crippen LogP contribution is 2.31. The maximum absolute atomic E-state index is 12.6. The van der Waals surface area contributed by atoms with Crippen molar-refractivity contribution in [3.05, 3.63) is 90.0 Å². The van der Waals surface area contributed by atoms with E-state index in [9.17, 15) is 18.0 Å². The molecule has 5 nitrogen and oxygen atoms in total. The second-order valence-electron chi connectivity index (χ2n) is 6.81. The summed E-state index contributed by atoms with van der Waals surface area (Å²) in [4.78, 5) is 17.1. The van der Waals surface area contributed by atoms with E-state index in [2.05, 4.69) is 5.16 Å². The van der Waals surface area contributed by atoms with Gasteiger partial charge in [-0.1, -0.05) is 35.5 Å². The second kappa shape index (κ2) is 10.00. The minimum Gasteiger partial charge on any atom is -0.479 e. The molecule has 32 heavy (non-hydrogen) atoms. The van der Waals surface area contributed by atoms with Crippen LogP contribution in [0.1, 0.15) is 25.0 Å². The van der Waals surface area contributed by atoms with E-state index in [0.717, 1.165) is 17.7 Å². The lowest BCUT2D eigenvalue weighted by atomic mass is 10.1. The van der Waals surface area contributed by atoms with Gasteiger partial charge in [-0.15, -0.1) is 0 Å². The molecule has 0 aliphatic rings. The summed E-state index contributed by atoms with van der Waals surface area (Å²) >= 11 is 0. The molecule has 0 saturated carbocycles. The Balaban J connectivity index is 1.54. The van der Waals surface area contributed by atoms with Gasteiger partial charge in [0, 0.05) is 0 Å². The second-order valence-corrected chi connectivity index (χ2v) is 6.81. The molecule has 3 rings (SSSR count). The van der Waals surface area contributed by atoms with Crippen molar-refractivity contribution in [3.63, 3.8) is 0 Å². The van der Waals surface area contributed by atoms with Gasteiger partial charge in [-0.3, -0.25) is 0 Å². The minimum absolute atomic E-state index is 0.260. The first-order valence-corrected chi connectivity index (χ1v) is 9.65. The molecular weight excluding hydrogens is 423 g/mol. The number of ether oxygens (including phenoxy) is 2. The van der Waals surface area contributed by atoms with E-state index in [1.165, 1.54) is 19.1 Å². The standard InChI is InChI=1S/C24H20F3NO4/c1-16(18-6-4-3-5-7-18)28-32-23(29)17(2)30-20-12-14-22(15-13-20)31-21-10-8-19(9-11-21)24(25,26)27/h3-15,17H,1-2H3/b28-16+. The summed E-state index contributed by atoms with van der Waals surface area (Å²) in [5.74, 6) is 0.383. The number of hydrogen-bond acceptors (Lipinski definition) is 5. The van der Waals surface area contributed by atoms with E-state index in [4.69, 9.17) is 14.3 Å².